The Hall–Kier alpha value is -3.68. The number of pyridine rings is 1. The molecule has 1 aromatic carbocycles. The number of nitrogens with one attached hydrogen (secondary N) is 1. The second kappa shape index (κ2) is 12.7. The minimum Gasteiger partial charge on any atom is -0.471 e. The summed E-state index contributed by atoms with van der Waals surface area (Å²) in [5.41, 5.74) is 6.44. The van der Waals surface area contributed by atoms with E-state index in [4.69, 9.17) is 15.9 Å². The standard InChI is InChI=1S/C26H27F4N5O4S/c27-21-12-35(23(36)7-15-1-3-19(4-2-15)39-26(28,29)30)6-5-22(21)38-25-20(24(32)37)8-16(10-34-25)17(9-31)11-33-18-13-40-14-18/h1-4,8-11,17-18,21-22,31H,5-7,12-14H2,(H2,32,37). The quantitative estimate of drug-likeness (QED) is 0.326. The zero-order chi connectivity index (χ0) is 28.9. The van der Waals surface area contributed by atoms with Crippen molar-refractivity contribution in [3.05, 3.63) is 53.2 Å². The molecular formula is C26H27F4N5O4S. The number of ether oxygens (including phenoxy) is 2. The molecule has 3 heterocycles. The molecule has 3 atom stereocenters. The number of aromatic nitrogens is 1. The number of aliphatic imine (C=N–C) groups is 1. The van der Waals surface area contributed by atoms with E-state index in [1.165, 1.54) is 35.5 Å². The van der Waals surface area contributed by atoms with Gasteiger partial charge in [-0.2, -0.15) is 11.8 Å². The molecule has 0 aliphatic carbocycles. The number of halogens is 4. The zero-order valence-corrected chi connectivity index (χ0v) is 22.0. The van der Waals surface area contributed by atoms with Gasteiger partial charge in [0.05, 0.1) is 24.9 Å². The number of carbonyl (C=O) groups is 2. The molecule has 0 bridgehead atoms. The van der Waals surface area contributed by atoms with Crippen LogP contribution in [0.1, 0.15) is 33.8 Å². The summed E-state index contributed by atoms with van der Waals surface area (Å²) in [5, 5.41) is 7.72. The lowest BCUT2D eigenvalue weighted by atomic mass is 10.0. The fraction of sp³-hybridized carbons (Fsp3) is 0.423. The number of thioether (sulfide) groups is 1. The number of piperidine rings is 1. The summed E-state index contributed by atoms with van der Waals surface area (Å²) in [4.78, 5) is 34.7. The topological polar surface area (TPSA) is 131 Å². The number of likely N-dealkylation sites (tertiary alicyclic amines) is 1. The monoisotopic (exact) mass is 581 g/mol. The van der Waals surface area contributed by atoms with Gasteiger partial charge in [0.1, 0.15) is 17.4 Å². The molecule has 1 aromatic heterocycles. The van der Waals surface area contributed by atoms with Gasteiger partial charge in [-0.05, 0) is 29.3 Å². The molecule has 0 radical (unpaired) electrons. The Morgan fingerprint density at radius 3 is 2.58 bits per heavy atom. The highest BCUT2D eigenvalue weighted by Crippen LogP contribution is 2.27. The van der Waals surface area contributed by atoms with Crippen LogP contribution in [0.15, 0.2) is 41.5 Å². The summed E-state index contributed by atoms with van der Waals surface area (Å²) >= 11 is 1.78. The molecular weight excluding hydrogens is 554 g/mol. The SMILES string of the molecule is N=CC(C=NC1CSC1)c1cnc(OC2CCN(C(=O)Cc3ccc(OC(F)(F)F)cc3)CC2F)c(C(N)=O)c1. The number of primary amides is 1. The molecule has 0 spiro atoms. The average molecular weight is 582 g/mol. The minimum absolute atomic E-state index is 0.0550. The van der Waals surface area contributed by atoms with Crippen LogP contribution in [0.5, 0.6) is 11.6 Å². The molecule has 214 valence electrons. The summed E-state index contributed by atoms with van der Waals surface area (Å²) in [6, 6.07) is 6.55. The maximum absolute atomic E-state index is 15.1. The van der Waals surface area contributed by atoms with Crippen molar-refractivity contribution in [3.63, 3.8) is 0 Å². The van der Waals surface area contributed by atoms with Crippen LogP contribution in [0.4, 0.5) is 17.6 Å². The third-order valence-corrected chi connectivity index (χ3v) is 7.63. The van der Waals surface area contributed by atoms with Gasteiger partial charge in [0.25, 0.3) is 5.91 Å². The Bertz CT molecular complexity index is 1260. The van der Waals surface area contributed by atoms with Crippen molar-refractivity contribution in [1.82, 2.24) is 9.88 Å². The van der Waals surface area contributed by atoms with Gasteiger partial charge in [-0.15, -0.1) is 13.2 Å². The molecule has 2 aromatic rings. The Balaban J connectivity index is 1.36. The molecule has 0 saturated carbocycles. The highest BCUT2D eigenvalue weighted by molar-refractivity contribution is 8.00. The van der Waals surface area contributed by atoms with E-state index in [9.17, 15) is 22.8 Å². The molecule has 2 saturated heterocycles. The van der Waals surface area contributed by atoms with E-state index in [0.717, 1.165) is 23.6 Å². The van der Waals surface area contributed by atoms with Crippen molar-refractivity contribution in [3.8, 4) is 11.6 Å². The van der Waals surface area contributed by atoms with Crippen LogP contribution in [-0.4, -0.2) is 83.4 Å². The van der Waals surface area contributed by atoms with Gasteiger partial charge in [-0.3, -0.25) is 14.6 Å². The van der Waals surface area contributed by atoms with Crippen LogP contribution in [0.3, 0.4) is 0 Å². The first-order valence-corrected chi connectivity index (χ1v) is 13.5. The van der Waals surface area contributed by atoms with Crippen molar-refractivity contribution in [2.75, 3.05) is 24.6 Å². The molecule has 3 N–H and O–H groups in total. The number of hydrogen-bond acceptors (Lipinski definition) is 8. The Kier molecular flexibility index (Phi) is 9.28. The van der Waals surface area contributed by atoms with Crippen molar-refractivity contribution < 1.29 is 36.6 Å². The summed E-state index contributed by atoms with van der Waals surface area (Å²) in [5.74, 6) is -0.441. The highest BCUT2D eigenvalue weighted by Gasteiger charge is 2.34. The van der Waals surface area contributed by atoms with Gasteiger partial charge in [0, 0.05) is 43.1 Å². The maximum Gasteiger partial charge on any atom is 0.573 e. The number of benzene rings is 1. The number of rotatable bonds is 10. The third-order valence-electron chi connectivity index (χ3n) is 6.39. The van der Waals surface area contributed by atoms with E-state index >= 15 is 4.39 Å². The van der Waals surface area contributed by atoms with Gasteiger partial charge in [-0.25, -0.2) is 9.37 Å². The fourth-order valence-corrected chi connectivity index (χ4v) is 4.77. The second-order valence-electron chi connectivity index (χ2n) is 9.34. The van der Waals surface area contributed by atoms with Gasteiger partial charge in [-0.1, -0.05) is 12.1 Å². The van der Waals surface area contributed by atoms with E-state index in [1.807, 2.05) is 0 Å². The largest absolute Gasteiger partial charge is 0.573 e. The predicted molar refractivity (Wildman–Crippen MR) is 141 cm³/mol. The average Bonchev–Trinajstić information content (AvgIpc) is 2.87. The predicted octanol–water partition coefficient (Wildman–Crippen LogP) is 3.56. The lowest BCUT2D eigenvalue weighted by Gasteiger charge is -2.34. The number of alkyl halides is 4. The normalized spacial score (nSPS) is 20.6. The molecule has 3 unspecified atom stereocenters. The van der Waals surface area contributed by atoms with Gasteiger partial charge in [0.2, 0.25) is 11.8 Å². The fourth-order valence-electron chi connectivity index (χ4n) is 4.15. The van der Waals surface area contributed by atoms with Gasteiger partial charge < -0.3 is 25.5 Å². The van der Waals surface area contributed by atoms with Crippen molar-refractivity contribution >= 4 is 36.0 Å². The third kappa shape index (κ3) is 7.71. The van der Waals surface area contributed by atoms with Crippen molar-refractivity contribution in [2.45, 2.75) is 43.4 Å². The lowest BCUT2D eigenvalue weighted by molar-refractivity contribution is -0.274. The first-order chi connectivity index (χ1) is 19.0. The lowest BCUT2D eigenvalue weighted by Crippen LogP contribution is -2.49. The number of hydrogen-bond donors (Lipinski definition) is 2. The maximum atomic E-state index is 15.1. The van der Waals surface area contributed by atoms with Crippen LogP contribution in [0.2, 0.25) is 0 Å². The van der Waals surface area contributed by atoms with Gasteiger partial charge in [0.15, 0.2) is 6.17 Å². The van der Waals surface area contributed by atoms with E-state index < -0.39 is 42.1 Å². The summed E-state index contributed by atoms with van der Waals surface area (Å²) in [6.45, 7) is -0.108. The van der Waals surface area contributed by atoms with E-state index in [1.54, 1.807) is 18.0 Å². The van der Waals surface area contributed by atoms with Crippen LogP contribution in [-0.2, 0) is 11.2 Å². The van der Waals surface area contributed by atoms with Crippen LogP contribution >= 0.6 is 11.8 Å². The molecule has 4 rings (SSSR count). The van der Waals surface area contributed by atoms with Crippen molar-refractivity contribution in [1.29, 1.82) is 5.41 Å². The first kappa shape index (κ1) is 29.3. The van der Waals surface area contributed by atoms with Crippen LogP contribution in [0.25, 0.3) is 0 Å². The molecule has 2 aliphatic heterocycles. The Morgan fingerprint density at radius 2 is 2.00 bits per heavy atom. The number of amides is 2. The number of nitrogens with zero attached hydrogens (tertiary/aromatic N) is 3. The van der Waals surface area contributed by atoms with Crippen LogP contribution < -0.4 is 15.2 Å². The van der Waals surface area contributed by atoms with Crippen molar-refractivity contribution in [2.24, 2.45) is 10.7 Å². The Morgan fingerprint density at radius 1 is 1.27 bits per heavy atom. The summed E-state index contributed by atoms with van der Waals surface area (Å²) < 4.78 is 61.6. The zero-order valence-electron chi connectivity index (χ0n) is 21.1. The first-order valence-electron chi connectivity index (χ1n) is 12.4. The molecule has 2 fully saturated rings. The van der Waals surface area contributed by atoms with E-state index in [-0.39, 0.29) is 43.4 Å². The minimum atomic E-state index is -4.82. The van der Waals surface area contributed by atoms with Gasteiger partial charge >= 0.3 is 6.36 Å². The second-order valence-corrected chi connectivity index (χ2v) is 10.4. The highest BCUT2D eigenvalue weighted by atomic mass is 32.2. The molecule has 14 heteroatoms. The summed E-state index contributed by atoms with van der Waals surface area (Å²) in [6.07, 6.45) is -3.18. The van der Waals surface area contributed by atoms with E-state index in [2.05, 4.69) is 14.7 Å². The molecule has 9 nitrogen and oxygen atoms in total. The number of carbonyl (C=O) groups excluding carboxylic acids is 2. The van der Waals surface area contributed by atoms with Crippen LogP contribution in [0, 0.1) is 5.41 Å². The smallest absolute Gasteiger partial charge is 0.471 e. The summed E-state index contributed by atoms with van der Waals surface area (Å²) in [7, 11) is 0. The van der Waals surface area contributed by atoms with E-state index in [0.29, 0.717) is 11.1 Å². The Labute approximate surface area is 231 Å². The molecule has 2 aliphatic rings. The molecule has 2 amide bonds. The molecule has 40 heavy (non-hydrogen) atoms. The number of nitrogens with two attached hydrogens (primary N) is 1.